The molecule has 2 saturated heterocycles. The number of rotatable bonds is 5. The number of hydrogen-bond donors (Lipinski definition) is 1. The maximum atomic E-state index is 13.1. The Morgan fingerprint density at radius 3 is 2.47 bits per heavy atom. The molecule has 1 amide bonds. The van der Waals surface area contributed by atoms with Gasteiger partial charge in [-0.1, -0.05) is 12.5 Å². The van der Waals surface area contributed by atoms with Gasteiger partial charge in [0.25, 0.3) is 5.91 Å². The van der Waals surface area contributed by atoms with Gasteiger partial charge in [-0.3, -0.25) is 4.79 Å². The summed E-state index contributed by atoms with van der Waals surface area (Å²) in [6, 6.07) is 4.28. The van der Waals surface area contributed by atoms with Crippen molar-refractivity contribution >= 4 is 26.0 Å². The summed E-state index contributed by atoms with van der Waals surface area (Å²) in [5.41, 5.74) is 0.978. The number of sulfonamides is 2. The lowest BCUT2D eigenvalue weighted by atomic mass is 10.0. The van der Waals surface area contributed by atoms with Crippen molar-refractivity contribution in [2.45, 2.75) is 62.9 Å². The third-order valence-corrected chi connectivity index (χ3v) is 9.27. The summed E-state index contributed by atoms with van der Waals surface area (Å²) >= 11 is 0. The second kappa shape index (κ2) is 8.94. The van der Waals surface area contributed by atoms with Gasteiger partial charge in [-0.05, 0) is 57.2 Å². The normalized spacial score (nSPS) is 24.5. The molecule has 0 saturated carbocycles. The highest BCUT2D eigenvalue weighted by Gasteiger charge is 2.32. The summed E-state index contributed by atoms with van der Waals surface area (Å²) in [5, 5.41) is 2.89. The zero-order valence-electron chi connectivity index (χ0n) is 17.8. The maximum absolute atomic E-state index is 13.1. The SMILES string of the molecule is Cc1ccc(S(=O)(=O)N2CCCCC2C)cc1C(=O)NC1CCCN(S(C)(=O)=O)C1. The van der Waals surface area contributed by atoms with Gasteiger partial charge in [-0.2, -0.15) is 4.31 Å². The lowest BCUT2D eigenvalue weighted by Crippen LogP contribution is -2.49. The summed E-state index contributed by atoms with van der Waals surface area (Å²) < 4.78 is 52.8. The third kappa shape index (κ3) is 5.04. The molecule has 2 aliphatic rings. The topological polar surface area (TPSA) is 104 Å². The van der Waals surface area contributed by atoms with Crippen molar-refractivity contribution in [1.82, 2.24) is 13.9 Å². The molecular weight excluding hydrogens is 426 g/mol. The first kappa shape index (κ1) is 23.2. The van der Waals surface area contributed by atoms with Crippen LogP contribution >= 0.6 is 0 Å². The molecule has 0 spiro atoms. The van der Waals surface area contributed by atoms with E-state index < -0.39 is 20.0 Å². The molecule has 10 heteroatoms. The highest BCUT2D eigenvalue weighted by molar-refractivity contribution is 7.89. The number of carbonyl (C=O) groups excluding carboxylic acids is 1. The molecule has 1 N–H and O–H groups in total. The van der Waals surface area contributed by atoms with Gasteiger partial charge in [0.2, 0.25) is 20.0 Å². The van der Waals surface area contributed by atoms with E-state index in [0.29, 0.717) is 37.1 Å². The molecule has 3 rings (SSSR count). The van der Waals surface area contributed by atoms with Crippen molar-refractivity contribution in [2.24, 2.45) is 0 Å². The minimum atomic E-state index is -3.68. The monoisotopic (exact) mass is 457 g/mol. The smallest absolute Gasteiger partial charge is 0.251 e. The molecule has 30 heavy (non-hydrogen) atoms. The van der Waals surface area contributed by atoms with Crippen LogP contribution in [-0.4, -0.2) is 69.3 Å². The molecule has 2 atom stereocenters. The molecule has 2 heterocycles. The van der Waals surface area contributed by atoms with Crippen molar-refractivity contribution in [2.75, 3.05) is 25.9 Å². The van der Waals surface area contributed by atoms with Crippen LogP contribution in [-0.2, 0) is 20.0 Å². The molecule has 8 nitrogen and oxygen atoms in total. The van der Waals surface area contributed by atoms with E-state index >= 15 is 0 Å². The van der Waals surface area contributed by atoms with Crippen LogP contribution in [0.5, 0.6) is 0 Å². The Balaban J connectivity index is 1.80. The number of aryl methyl sites for hydroxylation is 1. The molecule has 2 fully saturated rings. The van der Waals surface area contributed by atoms with Gasteiger partial charge in [0, 0.05) is 37.3 Å². The summed E-state index contributed by atoms with van der Waals surface area (Å²) in [6.45, 7) is 4.84. The van der Waals surface area contributed by atoms with E-state index in [1.807, 2.05) is 6.92 Å². The molecule has 1 aromatic carbocycles. The van der Waals surface area contributed by atoms with Gasteiger partial charge in [0.05, 0.1) is 11.2 Å². The van der Waals surface area contributed by atoms with E-state index in [1.54, 1.807) is 19.1 Å². The Morgan fingerprint density at radius 1 is 1.07 bits per heavy atom. The molecule has 0 aliphatic carbocycles. The average Bonchev–Trinajstić information content (AvgIpc) is 2.68. The van der Waals surface area contributed by atoms with Crippen LogP contribution in [0, 0.1) is 6.92 Å². The summed E-state index contributed by atoms with van der Waals surface area (Å²) in [4.78, 5) is 13.0. The van der Waals surface area contributed by atoms with E-state index in [1.165, 1.54) is 14.7 Å². The first-order valence-electron chi connectivity index (χ1n) is 10.4. The number of benzene rings is 1. The van der Waals surface area contributed by atoms with Crippen molar-refractivity contribution < 1.29 is 21.6 Å². The highest BCUT2D eigenvalue weighted by atomic mass is 32.2. The van der Waals surface area contributed by atoms with Crippen LogP contribution in [0.1, 0.15) is 54.9 Å². The van der Waals surface area contributed by atoms with Gasteiger partial charge in [0.15, 0.2) is 0 Å². The van der Waals surface area contributed by atoms with Crippen LogP contribution in [0.4, 0.5) is 0 Å². The first-order valence-corrected chi connectivity index (χ1v) is 13.7. The van der Waals surface area contributed by atoms with Gasteiger partial charge >= 0.3 is 0 Å². The predicted octanol–water partition coefficient (Wildman–Crippen LogP) is 1.71. The van der Waals surface area contributed by atoms with Crippen molar-refractivity contribution in [3.8, 4) is 0 Å². The van der Waals surface area contributed by atoms with E-state index in [9.17, 15) is 21.6 Å². The van der Waals surface area contributed by atoms with Crippen LogP contribution in [0.15, 0.2) is 23.1 Å². The quantitative estimate of drug-likeness (QED) is 0.725. The van der Waals surface area contributed by atoms with Gasteiger partial charge in [-0.15, -0.1) is 0 Å². The Bertz CT molecular complexity index is 1010. The predicted molar refractivity (Wildman–Crippen MR) is 115 cm³/mol. The maximum Gasteiger partial charge on any atom is 0.251 e. The molecular formula is C20H31N3O5S2. The number of carbonyl (C=O) groups is 1. The minimum absolute atomic E-state index is 0.0634. The molecule has 0 radical (unpaired) electrons. The zero-order chi connectivity index (χ0) is 22.1. The van der Waals surface area contributed by atoms with E-state index in [4.69, 9.17) is 0 Å². The lowest BCUT2D eigenvalue weighted by Gasteiger charge is -2.32. The van der Waals surface area contributed by atoms with Crippen molar-refractivity contribution in [1.29, 1.82) is 0 Å². The second-order valence-corrected chi connectivity index (χ2v) is 12.2. The minimum Gasteiger partial charge on any atom is -0.348 e. The summed E-state index contributed by atoms with van der Waals surface area (Å²) in [7, 11) is -6.99. The van der Waals surface area contributed by atoms with Crippen LogP contribution in [0.25, 0.3) is 0 Å². The fourth-order valence-electron chi connectivity index (χ4n) is 4.20. The fraction of sp³-hybridized carbons (Fsp3) is 0.650. The largest absolute Gasteiger partial charge is 0.348 e. The molecule has 168 valence electrons. The molecule has 0 aromatic heterocycles. The standard InChI is InChI=1S/C20H31N3O5S2/c1-15-9-10-18(30(27,28)23-12-5-4-7-16(23)2)13-19(15)20(24)21-17-8-6-11-22(14-17)29(3,25)26/h9-10,13,16-17H,4-8,11-12,14H2,1-3H3,(H,21,24). The molecule has 2 aliphatic heterocycles. The Labute approximate surface area is 179 Å². The van der Waals surface area contributed by atoms with Crippen LogP contribution < -0.4 is 5.32 Å². The number of hydrogen-bond acceptors (Lipinski definition) is 5. The van der Waals surface area contributed by atoms with E-state index in [0.717, 1.165) is 25.5 Å². The highest BCUT2D eigenvalue weighted by Crippen LogP contribution is 2.26. The Hall–Kier alpha value is -1.49. The van der Waals surface area contributed by atoms with Gasteiger partial charge in [-0.25, -0.2) is 21.1 Å². The number of piperidine rings is 2. The van der Waals surface area contributed by atoms with Crippen molar-refractivity contribution in [3.63, 3.8) is 0 Å². The van der Waals surface area contributed by atoms with Gasteiger partial charge < -0.3 is 5.32 Å². The second-order valence-electron chi connectivity index (χ2n) is 8.37. The lowest BCUT2D eigenvalue weighted by molar-refractivity contribution is 0.0920. The number of nitrogens with zero attached hydrogens (tertiary/aromatic N) is 2. The molecule has 0 bridgehead atoms. The fourth-order valence-corrected chi connectivity index (χ4v) is 6.83. The van der Waals surface area contributed by atoms with E-state index in [2.05, 4.69) is 5.32 Å². The number of nitrogens with one attached hydrogen (secondary N) is 1. The van der Waals surface area contributed by atoms with Crippen molar-refractivity contribution in [3.05, 3.63) is 29.3 Å². The summed E-state index contributed by atoms with van der Waals surface area (Å²) in [6.07, 6.45) is 5.19. The van der Waals surface area contributed by atoms with E-state index in [-0.39, 0.29) is 29.4 Å². The van der Waals surface area contributed by atoms with Crippen LogP contribution in [0.2, 0.25) is 0 Å². The third-order valence-electron chi connectivity index (χ3n) is 5.99. The molecule has 1 aromatic rings. The Kier molecular flexibility index (Phi) is 6.91. The Morgan fingerprint density at radius 2 is 1.80 bits per heavy atom. The van der Waals surface area contributed by atoms with Gasteiger partial charge in [0.1, 0.15) is 0 Å². The first-order chi connectivity index (χ1) is 14.0. The summed E-state index contributed by atoms with van der Waals surface area (Å²) in [5.74, 6) is -0.378. The van der Waals surface area contributed by atoms with Crippen LogP contribution in [0.3, 0.4) is 0 Å². The number of amides is 1. The molecule has 2 unspecified atom stereocenters. The zero-order valence-corrected chi connectivity index (χ0v) is 19.4. The average molecular weight is 458 g/mol.